The molecule has 1 aromatic heterocycles. The molecule has 144 valence electrons. The first kappa shape index (κ1) is 22.7. The zero-order chi connectivity index (χ0) is 17.0. The molecule has 1 fully saturated rings. The van der Waals surface area contributed by atoms with Gasteiger partial charge in [-0.1, -0.05) is 6.07 Å². The van der Waals surface area contributed by atoms with Crippen molar-refractivity contribution < 1.29 is 4.74 Å². The van der Waals surface area contributed by atoms with Crippen LogP contribution in [0.15, 0.2) is 22.5 Å². The average Bonchev–Trinajstić information content (AvgIpc) is 3.12. The van der Waals surface area contributed by atoms with Gasteiger partial charge in [0.1, 0.15) is 0 Å². The molecule has 0 amide bonds. The first-order chi connectivity index (χ1) is 11.8. The third-order valence-electron chi connectivity index (χ3n) is 4.41. The number of rotatable bonds is 9. The number of guanidine groups is 1. The Bertz CT molecular complexity index is 462. The molecule has 0 bridgehead atoms. The Balaban J connectivity index is 0.00000312. The summed E-state index contributed by atoms with van der Waals surface area (Å²) in [6.07, 6.45) is 3.54. The van der Waals surface area contributed by atoms with Crippen molar-refractivity contribution in [3.05, 3.63) is 22.4 Å². The predicted octanol–water partition coefficient (Wildman–Crippen LogP) is 3.17. The minimum absolute atomic E-state index is 0. The van der Waals surface area contributed by atoms with E-state index in [-0.39, 0.29) is 24.0 Å². The van der Waals surface area contributed by atoms with Crippen LogP contribution >= 0.6 is 35.3 Å². The van der Waals surface area contributed by atoms with E-state index in [0.29, 0.717) is 0 Å². The summed E-state index contributed by atoms with van der Waals surface area (Å²) < 4.78 is 5.35. The summed E-state index contributed by atoms with van der Waals surface area (Å²) in [7, 11) is 1.83. The smallest absolute Gasteiger partial charge is 0.190 e. The molecule has 0 aromatic carbocycles. The highest BCUT2D eigenvalue weighted by Gasteiger charge is 2.19. The summed E-state index contributed by atoms with van der Waals surface area (Å²) in [5.41, 5.74) is 0. The quantitative estimate of drug-likeness (QED) is 0.247. The van der Waals surface area contributed by atoms with E-state index in [1.807, 2.05) is 25.3 Å². The average molecular weight is 480 g/mol. The lowest BCUT2D eigenvalue weighted by Gasteiger charge is -2.32. The van der Waals surface area contributed by atoms with Crippen molar-refractivity contribution in [3.63, 3.8) is 0 Å². The van der Waals surface area contributed by atoms with Crippen LogP contribution in [0.2, 0.25) is 0 Å². The standard InChI is InChI=1S/C18H32N4OS.HI/c1-3-23-12-5-9-20-18(19-2)21-14-16-7-10-22(11-8-16)15-17-6-4-13-24-17;/h4,6,13,16H,3,5,7-12,14-15H2,1-2H3,(H2,19,20,21);1H. The molecule has 1 saturated heterocycles. The molecule has 2 rings (SSSR count). The molecular weight excluding hydrogens is 447 g/mol. The fourth-order valence-corrected chi connectivity index (χ4v) is 3.70. The van der Waals surface area contributed by atoms with Gasteiger partial charge in [-0.2, -0.15) is 0 Å². The SMILES string of the molecule is CCOCCCNC(=NC)NCC1CCN(Cc2cccs2)CC1.I. The number of thiophene rings is 1. The zero-order valence-corrected chi connectivity index (χ0v) is 18.6. The maximum atomic E-state index is 5.35. The van der Waals surface area contributed by atoms with Gasteiger partial charge in [0.2, 0.25) is 0 Å². The molecule has 0 aliphatic carbocycles. The van der Waals surface area contributed by atoms with Gasteiger partial charge >= 0.3 is 0 Å². The van der Waals surface area contributed by atoms with E-state index >= 15 is 0 Å². The van der Waals surface area contributed by atoms with Crippen molar-refractivity contribution in [3.8, 4) is 0 Å². The van der Waals surface area contributed by atoms with Gasteiger partial charge in [-0.25, -0.2) is 0 Å². The van der Waals surface area contributed by atoms with Gasteiger partial charge in [0.25, 0.3) is 0 Å². The van der Waals surface area contributed by atoms with Crippen LogP contribution in [-0.2, 0) is 11.3 Å². The van der Waals surface area contributed by atoms with E-state index in [9.17, 15) is 0 Å². The van der Waals surface area contributed by atoms with Crippen LogP contribution in [0.25, 0.3) is 0 Å². The van der Waals surface area contributed by atoms with Crippen LogP contribution in [0.5, 0.6) is 0 Å². The second kappa shape index (κ2) is 13.8. The molecule has 25 heavy (non-hydrogen) atoms. The highest BCUT2D eigenvalue weighted by atomic mass is 127. The number of hydrogen-bond acceptors (Lipinski definition) is 4. The molecule has 7 heteroatoms. The number of piperidine rings is 1. The molecular formula is C18H33IN4OS. The van der Waals surface area contributed by atoms with Gasteiger partial charge < -0.3 is 15.4 Å². The van der Waals surface area contributed by atoms with Gasteiger partial charge in [-0.05, 0) is 56.6 Å². The summed E-state index contributed by atoms with van der Waals surface area (Å²) in [4.78, 5) is 8.35. The summed E-state index contributed by atoms with van der Waals surface area (Å²) in [6, 6.07) is 4.38. The van der Waals surface area contributed by atoms with Crippen LogP contribution in [-0.4, -0.2) is 57.3 Å². The molecule has 0 spiro atoms. The second-order valence-corrected chi connectivity index (χ2v) is 7.26. The van der Waals surface area contributed by atoms with Crippen LogP contribution in [0.4, 0.5) is 0 Å². The Hall–Kier alpha value is -0.380. The number of halogens is 1. The van der Waals surface area contributed by atoms with Crippen LogP contribution < -0.4 is 10.6 Å². The number of ether oxygens (including phenoxy) is 1. The maximum Gasteiger partial charge on any atom is 0.190 e. The van der Waals surface area contributed by atoms with E-state index < -0.39 is 0 Å². The molecule has 1 aliphatic rings. The highest BCUT2D eigenvalue weighted by Crippen LogP contribution is 2.20. The number of nitrogens with zero attached hydrogens (tertiary/aromatic N) is 2. The molecule has 0 atom stereocenters. The summed E-state index contributed by atoms with van der Waals surface area (Å²) in [6.45, 7) is 9.05. The molecule has 2 N–H and O–H groups in total. The van der Waals surface area contributed by atoms with E-state index in [4.69, 9.17) is 4.74 Å². The Kier molecular flexibility index (Phi) is 12.5. The Morgan fingerprint density at radius 3 is 2.80 bits per heavy atom. The van der Waals surface area contributed by atoms with Gasteiger partial charge in [0.15, 0.2) is 5.96 Å². The van der Waals surface area contributed by atoms with E-state index in [1.54, 1.807) is 0 Å². The minimum atomic E-state index is 0. The molecule has 0 unspecified atom stereocenters. The normalized spacial score (nSPS) is 16.5. The Morgan fingerprint density at radius 1 is 1.36 bits per heavy atom. The lowest BCUT2D eigenvalue weighted by Crippen LogP contribution is -2.43. The van der Waals surface area contributed by atoms with Crippen molar-refractivity contribution in [2.24, 2.45) is 10.9 Å². The van der Waals surface area contributed by atoms with Gasteiger partial charge in [0.05, 0.1) is 0 Å². The van der Waals surface area contributed by atoms with E-state index in [1.165, 1.54) is 30.8 Å². The fourth-order valence-electron chi connectivity index (χ4n) is 2.96. The lowest BCUT2D eigenvalue weighted by molar-refractivity contribution is 0.145. The first-order valence-corrected chi connectivity index (χ1v) is 9.96. The summed E-state index contributed by atoms with van der Waals surface area (Å²) >= 11 is 1.86. The lowest BCUT2D eigenvalue weighted by atomic mass is 9.97. The largest absolute Gasteiger partial charge is 0.382 e. The molecule has 2 heterocycles. The van der Waals surface area contributed by atoms with Gasteiger partial charge in [0, 0.05) is 44.8 Å². The van der Waals surface area contributed by atoms with Crippen LogP contribution in [0, 0.1) is 5.92 Å². The monoisotopic (exact) mass is 480 g/mol. The molecule has 0 radical (unpaired) electrons. The Morgan fingerprint density at radius 2 is 2.16 bits per heavy atom. The third-order valence-corrected chi connectivity index (χ3v) is 5.27. The van der Waals surface area contributed by atoms with Crippen molar-refractivity contribution in [1.82, 2.24) is 15.5 Å². The number of hydrogen-bond donors (Lipinski definition) is 2. The zero-order valence-electron chi connectivity index (χ0n) is 15.5. The second-order valence-electron chi connectivity index (χ2n) is 6.23. The Labute approximate surface area is 173 Å². The van der Waals surface area contributed by atoms with Crippen molar-refractivity contribution in [2.75, 3.05) is 46.4 Å². The van der Waals surface area contributed by atoms with E-state index in [2.05, 4.69) is 38.0 Å². The minimum Gasteiger partial charge on any atom is -0.382 e. The first-order valence-electron chi connectivity index (χ1n) is 9.08. The van der Waals surface area contributed by atoms with Crippen molar-refractivity contribution in [2.45, 2.75) is 32.7 Å². The van der Waals surface area contributed by atoms with Crippen LogP contribution in [0.3, 0.4) is 0 Å². The maximum absolute atomic E-state index is 5.35. The summed E-state index contributed by atoms with van der Waals surface area (Å²) in [5, 5.41) is 8.99. The number of nitrogens with one attached hydrogen (secondary N) is 2. The summed E-state index contributed by atoms with van der Waals surface area (Å²) in [5.74, 6) is 1.65. The van der Waals surface area contributed by atoms with Crippen LogP contribution in [0.1, 0.15) is 31.1 Å². The molecule has 0 saturated carbocycles. The predicted molar refractivity (Wildman–Crippen MR) is 118 cm³/mol. The number of aliphatic imine (C=N–C) groups is 1. The van der Waals surface area contributed by atoms with Gasteiger partial charge in [-0.3, -0.25) is 9.89 Å². The van der Waals surface area contributed by atoms with Crippen molar-refractivity contribution >= 4 is 41.3 Å². The number of likely N-dealkylation sites (tertiary alicyclic amines) is 1. The fraction of sp³-hybridized carbons (Fsp3) is 0.722. The third kappa shape index (κ3) is 9.21. The van der Waals surface area contributed by atoms with E-state index in [0.717, 1.165) is 51.1 Å². The molecule has 5 nitrogen and oxygen atoms in total. The topological polar surface area (TPSA) is 48.9 Å². The molecule has 1 aliphatic heterocycles. The highest BCUT2D eigenvalue weighted by molar-refractivity contribution is 14.0. The molecule has 1 aromatic rings. The van der Waals surface area contributed by atoms with Gasteiger partial charge in [-0.15, -0.1) is 35.3 Å². The van der Waals surface area contributed by atoms with Crippen molar-refractivity contribution in [1.29, 1.82) is 0 Å².